The zero-order chi connectivity index (χ0) is 42.3. The van der Waals surface area contributed by atoms with Crippen LogP contribution in [0.25, 0.3) is 79.2 Å². The first-order chi connectivity index (χ1) is 28.6. The van der Waals surface area contributed by atoms with Gasteiger partial charge in [0, 0.05) is 50.6 Å². The Hall–Kier alpha value is -6.73. The van der Waals surface area contributed by atoms with Crippen molar-refractivity contribution in [2.75, 3.05) is 0 Å². The molecular formula is C53H51N7. The van der Waals surface area contributed by atoms with Gasteiger partial charge >= 0.3 is 0 Å². The molecule has 7 nitrogen and oxygen atoms in total. The SMILES string of the molecule is Cc1cc(C)nc(-c2ccc(-c3cc(-c4ccc(-c5nc(C)cc(C)n5)cc4)cc(-c4nc(-c5ccc(C(C)(C)C)cc5)nc(-c5ccc(C(C)(C)C)cc5)n4)c3)cc2)n1. The van der Waals surface area contributed by atoms with Crippen LogP contribution in [0.5, 0.6) is 0 Å². The minimum atomic E-state index is 0.0218. The van der Waals surface area contributed by atoms with Crippen LogP contribution in [-0.2, 0) is 10.8 Å². The maximum atomic E-state index is 5.20. The molecule has 0 bridgehead atoms. The lowest BCUT2D eigenvalue weighted by atomic mass is 9.86. The summed E-state index contributed by atoms with van der Waals surface area (Å²) in [4.78, 5) is 34.3. The first kappa shape index (κ1) is 40.1. The van der Waals surface area contributed by atoms with Gasteiger partial charge in [-0.3, -0.25) is 0 Å². The Labute approximate surface area is 354 Å². The van der Waals surface area contributed by atoms with Gasteiger partial charge in [0.25, 0.3) is 0 Å². The predicted molar refractivity (Wildman–Crippen MR) is 245 cm³/mol. The Morgan fingerprint density at radius 1 is 0.250 bits per heavy atom. The van der Waals surface area contributed by atoms with E-state index >= 15 is 0 Å². The second kappa shape index (κ2) is 15.8. The van der Waals surface area contributed by atoms with Crippen molar-refractivity contribution in [3.8, 4) is 79.2 Å². The largest absolute Gasteiger partial charge is 0.233 e. The lowest BCUT2D eigenvalue weighted by Gasteiger charge is -2.19. The number of rotatable bonds is 7. The molecule has 0 atom stereocenters. The van der Waals surface area contributed by atoms with Gasteiger partial charge in [-0.15, -0.1) is 0 Å². The summed E-state index contributed by atoms with van der Waals surface area (Å²) < 4.78 is 0. The fourth-order valence-electron chi connectivity index (χ4n) is 7.43. The van der Waals surface area contributed by atoms with E-state index in [-0.39, 0.29) is 10.8 Å². The smallest absolute Gasteiger partial charge is 0.164 e. The van der Waals surface area contributed by atoms with Gasteiger partial charge in [0.1, 0.15) is 0 Å². The molecule has 5 aromatic carbocycles. The standard InChI is InChI=1S/C53H51N7/c1-32-27-33(2)55-47(54-32)38-15-11-36(12-16-38)42-29-43(37-13-17-39(18-14-37)48-56-34(3)28-35(4)57-48)31-44(30-42)51-59-49(40-19-23-45(24-20-40)52(5,6)7)58-50(60-51)41-21-25-46(26-22-41)53(8,9)10/h11-31H,1-10H3. The van der Waals surface area contributed by atoms with Crippen molar-refractivity contribution in [1.82, 2.24) is 34.9 Å². The molecule has 0 N–H and O–H groups in total. The van der Waals surface area contributed by atoms with Crippen molar-refractivity contribution < 1.29 is 0 Å². The summed E-state index contributed by atoms with van der Waals surface area (Å²) in [5.41, 5.74) is 15.2. The monoisotopic (exact) mass is 785 g/mol. The van der Waals surface area contributed by atoms with Crippen LogP contribution in [0.15, 0.2) is 127 Å². The molecule has 0 aliphatic heterocycles. The third-order valence-electron chi connectivity index (χ3n) is 10.8. The molecule has 0 unspecified atom stereocenters. The van der Waals surface area contributed by atoms with E-state index in [1.807, 2.05) is 39.8 Å². The molecule has 0 fully saturated rings. The van der Waals surface area contributed by atoms with Crippen molar-refractivity contribution in [3.05, 3.63) is 161 Å². The summed E-state index contributed by atoms with van der Waals surface area (Å²) in [7, 11) is 0. The van der Waals surface area contributed by atoms with Crippen molar-refractivity contribution in [1.29, 1.82) is 0 Å². The van der Waals surface area contributed by atoms with Crippen molar-refractivity contribution in [2.24, 2.45) is 0 Å². The van der Waals surface area contributed by atoms with E-state index in [9.17, 15) is 0 Å². The molecule has 0 aliphatic carbocycles. The molecule has 0 radical (unpaired) electrons. The van der Waals surface area contributed by atoms with Gasteiger partial charge in [-0.1, -0.05) is 139 Å². The molecule has 8 aromatic rings. The van der Waals surface area contributed by atoms with Gasteiger partial charge in [-0.05, 0) is 102 Å². The van der Waals surface area contributed by atoms with Crippen LogP contribution in [0.1, 0.15) is 75.4 Å². The molecule has 0 saturated carbocycles. The number of hydrogen-bond acceptors (Lipinski definition) is 7. The number of hydrogen-bond donors (Lipinski definition) is 0. The Kier molecular flexibility index (Phi) is 10.5. The topological polar surface area (TPSA) is 90.2 Å². The summed E-state index contributed by atoms with van der Waals surface area (Å²) in [5, 5.41) is 0. The average Bonchev–Trinajstić information content (AvgIpc) is 3.22. The van der Waals surface area contributed by atoms with Crippen LogP contribution in [0, 0.1) is 27.7 Å². The number of nitrogens with zero attached hydrogens (tertiary/aromatic N) is 7. The van der Waals surface area contributed by atoms with Crippen LogP contribution in [0.4, 0.5) is 0 Å². The first-order valence-corrected chi connectivity index (χ1v) is 20.6. The highest BCUT2D eigenvalue weighted by molar-refractivity contribution is 5.81. The number of aryl methyl sites for hydroxylation is 4. The molecule has 3 heterocycles. The van der Waals surface area contributed by atoms with Crippen LogP contribution in [0.2, 0.25) is 0 Å². The molecule has 7 heteroatoms. The summed E-state index contributed by atoms with van der Waals surface area (Å²) >= 11 is 0. The molecule has 60 heavy (non-hydrogen) atoms. The Bertz CT molecular complexity index is 2600. The van der Waals surface area contributed by atoms with Gasteiger partial charge in [-0.25, -0.2) is 34.9 Å². The highest BCUT2D eigenvalue weighted by Gasteiger charge is 2.19. The van der Waals surface area contributed by atoms with Gasteiger partial charge in [0.2, 0.25) is 0 Å². The maximum Gasteiger partial charge on any atom is 0.164 e. The summed E-state index contributed by atoms with van der Waals surface area (Å²) in [6, 6.07) is 44.7. The lowest BCUT2D eigenvalue weighted by Crippen LogP contribution is -2.10. The van der Waals surface area contributed by atoms with Gasteiger partial charge in [-0.2, -0.15) is 0 Å². The molecule has 0 aliphatic rings. The normalized spacial score (nSPS) is 11.8. The lowest BCUT2D eigenvalue weighted by molar-refractivity contribution is 0.590. The van der Waals surface area contributed by atoms with Crippen LogP contribution in [0.3, 0.4) is 0 Å². The third kappa shape index (κ3) is 8.81. The second-order valence-electron chi connectivity index (χ2n) is 17.9. The van der Waals surface area contributed by atoms with E-state index in [0.29, 0.717) is 17.5 Å². The second-order valence-corrected chi connectivity index (χ2v) is 17.9. The van der Waals surface area contributed by atoms with Crippen LogP contribution < -0.4 is 0 Å². The van der Waals surface area contributed by atoms with E-state index in [4.69, 9.17) is 34.9 Å². The fourth-order valence-corrected chi connectivity index (χ4v) is 7.43. The van der Waals surface area contributed by atoms with E-state index < -0.39 is 0 Å². The van der Waals surface area contributed by atoms with E-state index in [1.165, 1.54) is 11.1 Å². The highest BCUT2D eigenvalue weighted by atomic mass is 15.0. The van der Waals surface area contributed by atoms with E-state index in [2.05, 4.69) is 157 Å². The molecule has 8 rings (SSSR count). The molecule has 3 aromatic heterocycles. The quantitative estimate of drug-likeness (QED) is 0.159. The summed E-state index contributed by atoms with van der Waals surface area (Å²) in [6.07, 6.45) is 0. The zero-order valence-electron chi connectivity index (χ0n) is 36.3. The molecule has 0 spiro atoms. The van der Waals surface area contributed by atoms with Crippen molar-refractivity contribution in [3.63, 3.8) is 0 Å². The molecular weight excluding hydrogens is 735 g/mol. The first-order valence-electron chi connectivity index (χ1n) is 20.6. The third-order valence-corrected chi connectivity index (χ3v) is 10.8. The zero-order valence-corrected chi connectivity index (χ0v) is 36.3. The average molecular weight is 786 g/mol. The fraction of sp³-hybridized carbons (Fsp3) is 0.226. The van der Waals surface area contributed by atoms with Gasteiger partial charge < -0.3 is 0 Å². The Morgan fingerprint density at radius 2 is 0.483 bits per heavy atom. The van der Waals surface area contributed by atoms with Crippen molar-refractivity contribution >= 4 is 0 Å². The Morgan fingerprint density at radius 3 is 0.783 bits per heavy atom. The van der Waals surface area contributed by atoms with Gasteiger partial charge in [0.05, 0.1) is 0 Å². The summed E-state index contributed by atoms with van der Waals surface area (Å²) in [6.45, 7) is 21.4. The van der Waals surface area contributed by atoms with Crippen LogP contribution in [-0.4, -0.2) is 34.9 Å². The van der Waals surface area contributed by atoms with E-state index in [0.717, 1.165) is 84.5 Å². The maximum absolute atomic E-state index is 5.20. The Balaban J connectivity index is 1.28. The van der Waals surface area contributed by atoms with E-state index in [1.54, 1.807) is 0 Å². The predicted octanol–water partition coefficient (Wildman–Crippen LogP) is 12.9. The van der Waals surface area contributed by atoms with Crippen molar-refractivity contribution in [2.45, 2.75) is 80.1 Å². The minimum absolute atomic E-state index is 0.0218. The number of aromatic nitrogens is 7. The highest BCUT2D eigenvalue weighted by Crippen LogP contribution is 2.36. The number of benzene rings is 5. The molecule has 0 amide bonds. The molecule has 0 saturated heterocycles. The molecule has 298 valence electrons. The minimum Gasteiger partial charge on any atom is -0.233 e. The van der Waals surface area contributed by atoms with Gasteiger partial charge in [0.15, 0.2) is 29.1 Å². The van der Waals surface area contributed by atoms with Crippen LogP contribution >= 0.6 is 0 Å². The summed E-state index contributed by atoms with van der Waals surface area (Å²) in [5.74, 6) is 3.28.